The first-order valence-corrected chi connectivity index (χ1v) is 10.3. The monoisotopic (exact) mass is 405 g/mol. The largest absolute Gasteiger partial charge is 0.508 e. The highest BCUT2D eigenvalue weighted by atomic mass is 19.1. The van der Waals surface area contributed by atoms with Crippen LogP contribution in [0.15, 0.2) is 58.6 Å². The topological polar surface area (TPSA) is 73.1 Å². The van der Waals surface area contributed by atoms with Crippen LogP contribution in [0.1, 0.15) is 30.5 Å². The van der Waals surface area contributed by atoms with Gasteiger partial charge in [-0.15, -0.1) is 0 Å². The third-order valence-electron chi connectivity index (χ3n) is 5.99. The van der Waals surface area contributed by atoms with Crippen molar-refractivity contribution in [3.8, 4) is 5.75 Å². The van der Waals surface area contributed by atoms with E-state index in [1.807, 2.05) is 29.4 Å². The van der Waals surface area contributed by atoms with Gasteiger partial charge in [0.2, 0.25) is 0 Å². The summed E-state index contributed by atoms with van der Waals surface area (Å²) in [7, 11) is 0. The lowest BCUT2D eigenvalue weighted by molar-refractivity contribution is 0.214. The molecule has 3 unspecified atom stereocenters. The Labute approximate surface area is 174 Å². The van der Waals surface area contributed by atoms with Gasteiger partial charge in [-0.25, -0.2) is 9.40 Å². The van der Waals surface area contributed by atoms with E-state index >= 15 is 0 Å². The van der Waals surface area contributed by atoms with E-state index < -0.39 is 0 Å². The Morgan fingerprint density at radius 1 is 1.17 bits per heavy atom. The molecule has 0 amide bonds. The molecule has 3 heterocycles. The van der Waals surface area contributed by atoms with Crippen LogP contribution in [-0.4, -0.2) is 39.2 Å². The number of nitrogens with one attached hydrogen (secondary N) is 1. The average molecular weight is 405 g/mol. The highest BCUT2D eigenvalue weighted by Gasteiger charge is 2.38. The van der Waals surface area contributed by atoms with Crippen molar-refractivity contribution < 1.29 is 9.50 Å². The molecule has 3 aliphatic rings. The van der Waals surface area contributed by atoms with Gasteiger partial charge in [0.1, 0.15) is 17.4 Å². The molecule has 7 heteroatoms. The molecule has 6 nitrogen and oxygen atoms in total. The molecule has 0 fully saturated rings. The predicted octanol–water partition coefficient (Wildman–Crippen LogP) is 3.23. The van der Waals surface area contributed by atoms with Crippen molar-refractivity contribution in [2.75, 3.05) is 0 Å². The van der Waals surface area contributed by atoms with E-state index in [0.29, 0.717) is 22.9 Å². The molecule has 5 rings (SSSR count). The number of nitrogens with zero attached hydrogens (tertiary/aromatic N) is 4. The smallest absolute Gasteiger partial charge is 0.152 e. The van der Waals surface area contributed by atoms with Gasteiger partial charge in [0, 0.05) is 36.0 Å². The van der Waals surface area contributed by atoms with Gasteiger partial charge in [0.05, 0.1) is 11.9 Å². The summed E-state index contributed by atoms with van der Waals surface area (Å²) in [6.07, 6.45) is 8.25. The third kappa shape index (κ3) is 3.34. The van der Waals surface area contributed by atoms with Crippen molar-refractivity contribution in [1.29, 1.82) is 0 Å². The molecule has 0 spiro atoms. The summed E-state index contributed by atoms with van der Waals surface area (Å²) in [5.74, 6) is 1.32. The Morgan fingerprint density at radius 3 is 2.80 bits per heavy atom. The molecule has 2 aliphatic heterocycles. The summed E-state index contributed by atoms with van der Waals surface area (Å²) < 4.78 is 13.8. The molecular formula is C23H24FN5O. The van der Waals surface area contributed by atoms with Crippen LogP contribution in [0.5, 0.6) is 5.75 Å². The fraction of sp³-hybridized carbons (Fsp3) is 0.348. The fourth-order valence-electron chi connectivity index (χ4n) is 4.43. The van der Waals surface area contributed by atoms with Gasteiger partial charge in [-0.1, -0.05) is 19.9 Å². The van der Waals surface area contributed by atoms with Crippen molar-refractivity contribution in [2.24, 2.45) is 21.9 Å². The SMILES string of the molecule is CC(C)C1C=NN2C(NC3Cc4ccc(O)cc4C3)=CC(c3cncc(F)c3)=NC12. The number of aromatic nitrogens is 1. The van der Waals surface area contributed by atoms with Crippen molar-refractivity contribution in [2.45, 2.75) is 38.9 Å². The number of allylic oxidation sites excluding steroid dienone is 1. The Bertz CT molecular complexity index is 1080. The van der Waals surface area contributed by atoms with Crippen molar-refractivity contribution in [3.05, 3.63) is 71.1 Å². The quantitative estimate of drug-likeness (QED) is 0.819. The second-order valence-electron chi connectivity index (χ2n) is 8.48. The number of benzene rings is 1. The average Bonchev–Trinajstić information content (AvgIpc) is 3.31. The minimum atomic E-state index is -0.380. The molecular weight excluding hydrogens is 381 g/mol. The normalized spacial score (nSPS) is 24.5. The zero-order valence-electron chi connectivity index (χ0n) is 17.0. The van der Waals surface area contributed by atoms with Gasteiger partial charge in [0.25, 0.3) is 0 Å². The van der Waals surface area contributed by atoms with E-state index in [0.717, 1.165) is 24.2 Å². The third-order valence-corrected chi connectivity index (χ3v) is 5.99. The van der Waals surface area contributed by atoms with E-state index in [2.05, 4.69) is 29.2 Å². The summed E-state index contributed by atoms with van der Waals surface area (Å²) in [6.45, 7) is 4.31. The van der Waals surface area contributed by atoms with E-state index in [-0.39, 0.29) is 23.9 Å². The molecule has 2 aromatic rings. The van der Waals surface area contributed by atoms with Crippen LogP contribution in [0.3, 0.4) is 0 Å². The maximum absolute atomic E-state index is 13.8. The summed E-state index contributed by atoms with van der Waals surface area (Å²) in [4.78, 5) is 8.88. The lowest BCUT2D eigenvalue weighted by Gasteiger charge is -2.33. The Morgan fingerprint density at radius 2 is 2.00 bits per heavy atom. The number of hydrogen-bond donors (Lipinski definition) is 2. The number of aromatic hydroxyl groups is 1. The molecule has 2 N–H and O–H groups in total. The van der Waals surface area contributed by atoms with E-state index in [4.69, 9.17) is 4.99 Å². The minimum Gasteiger partial charge on any atom is -0.508 e. The summed E-state index contributed by atoms with van der Waals surface area (Å²) in [5.41, 5.74) is 3.76. The van der Waals surface area contributed by atoms with E-state index in [1.165, 1.54) is 17.8 Å². The van der Waals surface area contributed by atoms with Crippen LogP contribution in [0, 0.1) is 17.7 Å². The zero-order valence-corrected chi connectivity index (χ0v) is 17.0. The van der Waals surface area contributed by atoms with Gasteiger partial charge in [-0.2, -0.15) is 5.10 Å². The number of rotatable bonds is 4. The summed E-state index contributed by atoms with van der Waals surface area (Å²) in [6, 6.07) is 7.20. The van der Waals surface area contributed by atoms with Gasteiger partial charge in [0.15, 0.2) is 6.17 Å². The maximum Gasteiger partial charge on any atom is 0.152 e. The van der Waals surface area contributed by atoms with Crippen molar-refractivity contribution >= 4 is 11.9 Å². The van der Waals surface area contributed by atoms with Gasteiger partial charge in [-0.05, 0) is 48.1 Å². The van der Waals surface area contributed by atoms with Crippen LogP contribution < -0.4 is 5.32 Å². The zero-order chi connectivity index (χ0) is 20.8. The molecule has 30 heavy (non-hydrogen) atoms. The van der Waals surface area contributed by atoms with Crippen LogP contribution in [-0.2, 0) is 12.8 Å². The molecule has 154 valence electrons. The van der Waals surface area contributed by atoms with Gasteiger partial charge in [-0.3, -0.25) is 9.98 Å². The number of phenolic OH excluding ortho intramolecular Hbond substituents is 1. The number of aliphatic imine (C=N–C) groups is 1. The first-order chi connectivity index (χ1) is 14.5. The number of hydrogen-bond acceptors (Lipinski definition) is 6. The molecule has 0 bridgehead atoms. The molecule has 1 aromatic carbocycles. The van der Waals surface area contributed by atoms with Crippen molar-refractivity contribution in [1.82, 2.24) is 15.3 Å². The van der Waals surface area contributed by atoms with Gasteiger partial charge >= 0.3 is 0 Å². The summed E-state index contributed by atoms with van der Waals surface area (Å²) in [5, 5.41) is 20.0. The molecule has 1 aromatic heterocycles. The molecule has 0 radical (unpaired) electrons. The predicted molar refractivity (Wildman–Crippen MR) is 114 cm³/mol. The lowest BCUT2D eigenvalue weighted by atomic mass is 9.94. The Balaban J connectivity index is 1.45. The van der Waals surface area contributed by atoms with Crippen molar-refractivity contribution in [3.63, 3.8) is 0 Å². The second-order valence-corrected chi connectivity index (χ2v) is 8.48. The van der Waals surface area contributed by atoms with E-state index in [9.17, 15) is 9.50 Å². The lowest BCUT2D eigenvalue weighted by Crippen LogP contribution is -2.43. The second kappa shape index (κ2) is 7.23. The van der Waals surface area contributed by atoms with Crippen LogP contribution in [0.2, 0.25) is 0 Å². The minimum absolute atomic E-state index is 0.163. The van der Waals surface area contributed by atoms with Crippen LogP contribution in [0.4, 0.5) is 4.39 Å². The molecule has 3 atom stereocenters. The Hall–Kier alpha value is -3.22. The van der Waals surface area contributed by atoms with Crippen LogP contribution >= 0.6 is 0 Å². The number of halogens is 1. The number of phenols is 1. The first-order valence-electron chi connectivity index (χ1n) is 10.3. The number of hydrazone groups is 1. The highest BCUT2D eigenvalue weighted by Crippen LogP contribution is 2.33. The Kier molecular flexibility index (Phi) is 4.53. The standard InChI is InChI=1S/C23H24FN5O/c1-13(2)20-12-26-29-22(27-18-6-14-3-4-19(30)8-15(14)7-18)9-21(28-23(20)29)16-5-17(24)11-25-10-16/h3-5,8-13,18,20,23,27,30H,6-7H2,1-2H3. The molecule has 0 saturated carbocycles. The van der Waals surface area contributed by atoms with Gasteiger partial charge < -0.3 is 10.4 Å². The maximum atomic E-state index is 13.8. The van der Waals surface area contributed by atoms with Crippen LogP contribution in [0.25, 0.3) is 0 Å². The summed E-state index contributed by atoms with van der Waals surface area (Å²) >= 11 is 0. The molecule has 1 aliphatic carbocycles. The number of pyridine rings is 1. The molecule has 0 saturated heterocycles. The highest BCUT2D eigenvalue weighted by molar-refractivity contribution is 6.09. The fourth-order valence-corrected chi connectivity index (χ4v) is 4.43. The van der Waals surface area contributed by atoms with E-state index in [1.54, 1.807) is 12.3 Å². The first kappa shape index (κ1) is 18.8. The number of fused-ring (bicyclic) bond motifs is 2.